The molecule has 27 heavy (non-hydrogen) atoms. The number of fused-ring (bicyclic) bond motifs is 1. The highest BCUT2D eigenvalue weighted by Gasteiger charge is 2.33. The van der Waals surface area contributed by atoms with Crippen molar-refractivity contribution in [1.82, 2.24) is 9.38 Å². The van der Waals surface area contributed by atoms with Crippen LogP contribution < -0.4 is 10.5 Å². The highest BCUT2D eigenvalue weighted by Crippen LogP contribution is 2.18. The van der Waals surface area contributed by atoms with Crippen LogP contribution in [-0.4, -0.2) is 15.4 Å². The molecule has 4 rings (SSSR count). The molecule has 1 N–H and O–H groups in total. The number of quaternary nitrogens is 1. The normalized spacial score (nSPS) is 15.4. The van der Waals surface area contributed by atoms with E-state index in [1.807, 2.05) is 25.1 Å². The summed E-state index contributed by atoms with van der Waals surface area (Å²) in [4.78, 5) is 18.8. The van der Waals surface area contributed by atoms with Gasteiger partial charge in [0, 0.05) is 30.2 Å². The smallest absolute Gasteiger partial charge is 0.258 e. The average molecular weight is 362 g/mol. The molecule has 4 nitrogen and oxygen atoms in total. The molecule has 2 heterocycles. The summed E-state index contributed by atoms with van der Waals surface area (Å²) in [5, 5.41) is 0. The minimum absolute atomic E-state index is 0.0181. The Labute approximate surface area is 160 Å². The fourth-order valence-electron chi connectivity index (χ4n) is 3.81. The fourth-order valence-corrected chi connectivity index (χ4v) is 3.81. The topological polar surface area (TPSA) is 38.8 Å². The predicted molar refractivity (Wildman–Crippen MR) is 108 cm³/mol. The lowest BCUT2D eigenvalue weighted by molar-refractivity contribution is -0.938. The second-order valence-electron chi connectivity index (χ2n) is 8.13. The molecule has 0 amide bonds. The van der Waals surface area contributed by atoms with Gasteiger partial charge in [0.15, 0.2) is 0 Å². The van der Waals surface area contributed by atoms with Gasteiger partial charge in [0.1, 0.15) is 24.4 Å². The lowest BCUT2D eigenvalue weighted by Crippen LogP contribution is -3.10. The summed E-state index contributed by atoms with van der Waals surface area (Å²) < 4.78 is 1.69. The Kier molecular flexibility index (Phi) is 4.83. The molecule has 1 atom stereocenters. The van der Waals surface area contributed by atoms with Gasteiger partial charge in [-0.1, -0.05) is 44.2 Å². The summed E-state index contributed by atoms with van der Waals surface area (Å²) in [6.07, 6.45) is 2.54. The average Bonchev–Trinajstić information content (AvgIpc) is 3.46. The molecule has 1 aliphatic carbocycles. The van der Waals surface area contributed by atoms with Crippen LogP contribution in [0.1, 0.15) is 55.1 Å². The van der Waals surface area contributed by atoms with Crippen molar-refractivity contribution < 1.29 is 4.90 Å². The molecule has 1 aliphatic rings. The third-order valence-electron chi connectivity index (χ3n) is 5.57. The summed E-state index contributed by atoms with van der Waals surface area (Å²) >= 11 is 0. The van der Waals surface area contributed by atoms with E-state index in [-0.39, 0.29) is 5.56 Å². The summed E-state index contributed by atoms with van der Waals surface area (Å²) in [6, 6.07) is 17.2. The Morgan fingerprint density at radius 1 is 1.11 bits per heavy atom. The van der Waals surface area contributed by atoms with Crippen molar-refractivity contribution in [2.24, 2.45) is 0 Å². The van der Waals surface area contributed by atoms with Gasteiger partial charge >= 0.3 is 0 Å². The van der Waals surface area contributed by atoms with Crippen LogP contribution in [0.3, 0.4) is 0 Å². The van der Waals surface area contributed by atoms with Gasteiger partial charge in [0.25, 0.3) is 5.56 Å². The Morgan fingerprint density at radius 3 is 2.52 bits per heavy atom. The molecule has 3 aromatic rings. The van der Waals surface area contributed by atoms with Crippen molar-refractivity contribution in [3.8, 4) is 0 Å². The van der Waals surface area contributed by atoms with Crippen molar-refractivity contribution in [3.05, 3.63) is 81.4 Å². The Balaban J connectivity index is 1.57. The van der Waals surface area contributed by atoms with Crippen LogP contribution in [0.4, 0.5) is 0 Å². The first-order chi connectivity index (χ1) is 13.0. The van der Waals surface area contributed by atoms with Gasteiger partial charge in [-0.05, 0) is 30.5 Å². The Hall–Kier alpha value is -2.46. The van der Waals surface area contributed by atoms with Gasteiger partial charge in [-0.3, -0.25) is 9.20 Å². The zero-order valence-corrected chi connectivity index (χ0v) is 16.4. The van der Waals surface area contributed by atoms with Crippen molar-refractivity contribution in [2.75, 3.05) is 0 Å². The number of pyridine rings is 1. The van der Waals surface area contributed by atoms with E-state index in [0.717, 1.165) is 30.1 Å². The van der Waals surface area contributed by atoms with Gasteiger partial charge in [-0.2, -0.15) is 0 Å². The number of hydrogen-bond donors (Lipinski definition) is 1. The standard InChI is InChI=1S/C23H27N3O/c1-16(2)19-9-7-18(8-10-19)14-25(21-11-12-21)15-20-13-23(27)26-17(3)5-4-6-22(26)24-20/h4-10,13,16,21H,11-12,14-15H2,1-3H3/p+1. The van der Waals surface area contributed by atoms with Crippen LogP contribution in [0.25, 0.3) is 5.65 Å². The molecule has 2 aromatic heterocycles. The number of aryl methyl sites for hydroxylation is 1. The number of aromatic nitrogens is 2. The number of nitrogens with one attached hydrogen (secondary N) is 1. The highest BCUT2D eigenvalue weighted by atomic mass is 16.1. The first-order valence-electron chi connectivity index (χ1n) is 9.93. The molecule has 0 radical (unpaired) electrons. The zero-order valence-electron chi connectivity index (χ0n) is 16.4. The quantitative estimate of drug-likeness (QED) is 0.732. The summed E-state index contributed by atoms with van der Waals surface area (Å²) in [5.41, 5.74) is 5.32. The van der Waals surface area contributed by atoms with Crippen molar-refractivity contribution in [3.63, 3.8) is 0 Å². The van der Waals surface area contributed by atoms with Crippen LogP contribution in [0.15, 0.2) is 53.3 Å². The highest BCUT2D eigenvalue weighted by molar-refractivity contribution is 5.40. The van der Waals surface area contributed by atoms with Gasteiger partial charge < -0.3 is 4.90 Å². The summed E-state index contributed by atoms with van der Waals surface area (Å²) in [6.45, 7) is 8.18. The molecule has 0 aliphatic heterocycles. The lowest BCUT2D eigenvalue weighted by Gasteiger charge is -2.19. The maximum Gasteiger partial charge on any atom is 0.258 e. The van der Waals surface area contributed by atoms with E-state index in [0.29, 0.717) is 12.0 Å². The second kappa shape index (κ2) is 7.28. The molecular weight excluding hydrogens is 334 g/mol. The molecule has 1 saturated carbocycles. The van der Waals surface area contributed by atoms with E-state index in [1.165, 1.54) is 28.9 Å². The van der Waals surface area contributed by atoms with Crippen LogP contribution in [0.5, 0.6) is 0 Å². The number of hydrogen-bond acceptors (Lipinski definition) is 2. The summed E-state index contributed by atoms with van der Waals surface area (Å²) in [5.74, 6) is 0.559. The van der Waals surface area contributed by atoms with Gasteiger partial charge in [0.05, 0.1) is 6.04 Å². The molecule has 4 heteroatoms. The molecule has 0 bridgehead atoms. The Morgan fingerprint density at radius 2 is 1.85 bits per heavy atom. The van der Waals surface area contributed by atoms with Crippen LogP contribution >= 0.6 is 0 Å². The summed E-state index contributed by atoms with van der Waals surface area (Å²) in [7, 11) is 0. The second-order valence-corrected chi connectivity index (χ2v) is 8.13. The lowest BCUT2D eigenvalue weighted by atomic mass is 10.0. The largest absolute Gasteiger partial charge is 0.324 e. The van der Waals surface area contributed by atoms with Crippen molar-refractivity contribution in [1.29, 1.82) is 0 Å². The first kappa shape index (κ1) is 17.9. The van der Waals surface area contributed by atoms with Crippen molar-refractivity contribution >= 4 is 5.65 Å². The van der Waals surface area contributed by atoms with Crippen LogP contribution in [0, 0.1) is 6.92 Å². The number of rotatable bonds is 6. The van der Waals surface area contributed by atoms with E-state index in [9.17, 15) is 4.79 Å². The van der Waals surface area contributed by atoms with Crippen LogP contribution in [0.2, 0.25) is 0 Å². The predicted octanol–water partition coefficient (Wildman–Crippen LogP) is 2.87. The maximum atomic E-state index is 12.6. The van der Waals surface area contributed by atoms with E-state index in [2.05, 4.69) is 38.1 Å². The van der Waals surface area contributed by atoms with Crippen molar-refractivity contribution in [2.45, 2.75) is 58.7 Å². The molecule has 0 saturated heterocycles. The van der Waals surface area contributed by atoms with Gasteiger partial charge in [-0.15, -0.1) is 0 Å². The van der Waals surface area contributed by atoms with E-state index in [4.69, 9.17) is 4.98 Å². The third kappa shape index (κ3) is 3.96. The Bertz CT molecular complexity index is 1000. The number of nitrogens with zero attached hydrogens (tertiary/aromatic N) is 2. The maximum absolute atomic E-state index is 12.6. The first-order valence-corrected chi connectivity index (χ1v) is 9.93. The van der Waals surface area contributed by atoms with Crippen LogP contribution in [-0.2, 0) is 13.1 Å². The minimum Gasteiger partial charge on any atom is -0.324 e. The van der Waals surface area contributed by atoms with E-state index >= 15 is 0 Å². The molecule has 1 aromatic carbocycles. The molecular formula is C23H28N3O+. The molecule has 0 spiro atoms. The molecule has 1 unspecified atom stereocenters. The van der Waals surface area contributed by atoms with E-state index < -0.39 is 0 Å². The van der Waals surface area contributed by atoms with E-state index in [1.54, 1.807) is 10.5 Å². The minimum atomic E-state index is 0.0181. The molecule has 140 valence electrons. The van der Waals surface area contributed by atoms with Gasteiger partial charge in [-0.25, -0.2) is 4.98 Å². The third-order valence-corrected chi connectivity index (χ3v) is 5.57. The SMILES string of the molecule is Cc1cccc2nc(C[NH+](Cc3ccc(C(C)C)cc3)C3CC3)cc(=O)n12. The zero-order chi connectivity index (χ0) is 19.0. The fraction of sp³-hybridized carbons (Fsp3) is 0.391. The van der Waals surface area contributed by atoms with Gasteiger partial charge in [0.2, 0.25) is 0 Å². The number of benzene rings is 1. The molecule has 1 fully saturated rings. The monoisotopic (exact) mass is 362 g/mol.